The van der Waals surface area contributed by atoms with Gasteiger partial charge in [-0.15, -0.1) is 0 Å². The molecule has 2 heterocycles. The summed E-state index contributed by atoms with van der Waals surface area (Å²) in [6.45, 7) is 6.82. The first kappa shape index (κ1) is 19.4. The van der Waals surface area contributed by atoms with Crippen molar-refractivity contribution in [3.8, 4) is 11.1 Å². The van der Waals surface area contributed by atoms with Gasteiger partial charge in [-0.1, -0.05) is 18.3 Å². The summed E-state index contributed by atoms with van der Waals surface area (Å²) in [5.74, 6) is 0.596. The Kier molecular flexibility index (Phi) is 5.42. The van der Waals surface area contributed by atoms with Gasteiger partial charge in [-0.3, -0.25) is 4.79 Å². The van der Waals surface area contributed by atoms with E-state index in [1.807, 2.05) is 19.1 Å². The largest absolute Gasteiger partial charge is 0.477 e. The maximum atomic E-state index is 11.0. The number of hydrogen-bond donors (Lipinski definition) is 1. The van der Waals surface area contributed by atoms with E-state index in [1.54, 1.807) is 0 Å². The van der Waals surface area contributed by atoms with Crippen LogP contribution in [0.25, 0.3) is 10.3 Å². The van der Waals surface area contributed by atoms with E-state index >= 15 is 0 Å². The number of carbonyl (C=O) groups is 1. The molecule has 2 aliphatic carbocycles. The zero-order chi connectivity index (χ0) is 19.7. The van der Waals surface area contributed by atoms with Crippen molar-refractivity contribution in [2.24, 2.45) is 5.41 Å². The van der Waals surface area contributed by atoms with Crippen molar-refractivity contribution >= 4 is 27.6 Å². The van der Waals surface area contributed by atoms with Gasteiger partial charge in [0.1, 0.15) is 11.6 Å². The fourth-order valence-corrected chi connectivity index (χ4v) is 4.28. The third kappa shape index (κ3) is 4.91. The number of rotatable bonds is 9. The van der Waals surface area contributed by atoms with Crippen LogP contribution in [0.3, 0.4) is 0 Å². The van der Waals surface area contributed by atoms with Crippen molar-refractivity contribution in [3.63, 3.8) is 0 Å². The number of nitrogens with zero attached hydrogens (tertiary/aromatic N) is 2. The summed E-state index contributed by atoms with van der Waals surface area (Å²) in [5.41, 5.74) is 0.941. The van der Waals surface area contributed by atoms with Gasteiger partial charge in [-0.25, -0.2) is 9.97 Å². The van der Waals surface area contributed by atoms with Crippen LogP contribution in [0.5, 0.6) is 11.1 Å². The van der Waals surface area contributed by atoms with Crippen molar-refractivity contribution in [1.82, 2.24) is 15.3 Å². The van der Waals surface area contributed by atoms with Crippen LogP contribution < -0.4 is 14.8 Å². The Morgan fingerprint density at radius 1 is 1.32 bits per heavy atom. The number of thiazole rings is 1. The maximum Gasteiger partial charge on any atom is 0.276 e. The Labute approximate surface area is 168 Å². The first-order valence-corrected chi connectivity index (χ1v) is 10.7. The Hall–Kier alpha value is -1.93. The zero-order valence-electron chi connectivity index (χ0n) is 16.6. The molecule has 2 aromatic rings. The van der Waals surface area contributed by atoms with E-state index in [4.69, 9.17) is 14.2 Å². The number of carbonyl (C=O) groups excluding carboxylic acids is 1. The second kappa shape index (κ2) is 7.83. The minimum Gasteiger partial charge on any atom is -0.477 e. The minimum absolute atomic E-state index is 0.0282. The molecule has 0 aromatic carbocycles. The van der Waals surface area contributed by atoms with Gasteiger partial charge in [-0.2, -0.15) is 0 Å². The molecule has 152 valence electrons. The normalized spacial score (nSPS) is 25.2. The van der Waals surface area contributed by atoms with Crippen molar-refractivity contribution in [3.05, 3.63) is 12.1 Å². The maximum absolute atomic E-state index is 11.0. The van der Waals surface area contributed by atoms with E-state index in [-0.39, 0.29) is 23.5 Å². The van der Waals surface area contributed by atoms with Crippen LogP contribution in [-0.2, 0) is 9.53 Å². The lowest BCUT2D eigenvalue weighted by atomic mass is 9.69. The monoisotopic (exact) mass is 405 g/mol. The molecule has 0 radical (unpaired) electrons. The van der Waals surface area contributed by atoms with E-state index in [1.165, 1.54) is 18.3 Å². The second-order valence-electron chi connectivity index (χ2n) is 8.34. The van der Waals surface area contributed by atoms with E-state index in [9.17, 15) is 4.79 Å². The van der Waals surface area contributed by atoms with Crippen LogP contribution in [0.1, 0.15) is 46.5 Å². The summed E-state index contributed by atoms with van der Waals surface area (Å²) in [6.07, 6.45) is 4.69. The van der Waals surface area contributed by atoms with Crippen molar-refractivity contribution < 1.29 is 19.0 Å². The molecule has 0 saturated heterocycles. The molecule has 1 N–H and O–H groups in total. The number of hydrogen-bond acceptors (Lipinski definition) is 7. The number of amides is 1. The molecule has 0 spiro atoms. The van der Waals surface area contributed by atoms with Crippen LogP contribution in [0.4, 0.5) is 0 Å². The van der Waals surface area contributed by atoms with E-state index in [0.29, 0.717) is 30.4 Å². The molecular weight excluding hydrogens is 378 g/mol. The van der Waals surface area contributed by atoms with Crippen molar-refractivity contribution in [2.75, 3.05) is 13.2 Å². The molecule has 1 atom stereocenters. The van der Waals surface area contributed by atoms with Crippen molar-refractivity contribution in [2.45, 2.75) is 64.7 Å². The average Bonchev–Trinajstić information content (AvgIpc) is 3.32. The first-order chi connectivity index (χ1) is 13.4. The summed E-state index contributed by atoms with van der Waals surface area (Å²) < 4.78 is 17.6. The third-order valence-electron chi connectivity index (χ3n) is 5.04. The Bertz CT molecular complexity index is 845. The summed E-state index contributed by atoms with van der Waals surface area (Å²) in [5, 5.41) is 3.53. The highest BCUT2D eigenvalue weighted by Gasteiger charge is 2.42. The van der Waals surface area contributed by atoms with E-state index in [2.05, 4.69) is 22.2 Å². The number of nitrogens with one attached hydrogen (secondary N) is 1. The minimum atomic E-state index is -0.0282. The van der Waals surface area contributed by atoms with Gasteiger partial charge in [0.2, 0.25) is 11.8 Å². The lowest BCUT2D eigenvalue weighted by Crippen LogP contribution is -2.46. The fourth-order valence-electron chi connectivity index (χ4n) is 3.43. The van der Waals surface area contributed by atoms with Crippen LogP contribution in [-0.4, -0.2) is 47.3 Å². The van der Waals surface area contributed by atoms with Crippen LogP contribution in [0.2, 0.25) is 0 Å². The lowest BCUT2D eigenvalue weighted by molar-refractivity contribution is -0.121. The highest BCUT2D eigenvalue weighted by Crippen LogP contribution is 2.43. The molecule has 8 heteroatoms. The molecule has 1 amide bonds. The molecular formula is C20H27N3O4S. The van der Waals surface area contributed by atoms with E-state index < -0.39 is 0 Å². The smallest absolute Gasteiger partial charge is 0.276 e. The topological polar surface area (TPSA) is 82.6 Å². The fraction of sp³-hybridized carbons (Fsp3) is 0.650. The van der Waals surface area contributed by atoms with Gasteiger partial charge in [0.15, 0.2) is 4.83 Å². The Morgan fingerprint density at radius 3 is 2.82 bits per heavy atom. The lowest BCUT2D eigenvalue weighted by Gasteiger charge is -2.44. The summed E-state index contributed by atoms with van der Waals surface area (Å²) in [7, 11) is 0. The summed E-state index contributed by atoms with van der Waals surface area (Å²) in [6, 6.07) is 3.84. The SMILES string of the molecule is CC(=O)N[C@@H](C)COC1CC(C)(COc2ccc3nc(OC4CC4)sc3n2)C1. The first-order valence-electron chi connectivity index (χ1n) is 9.84. The molecule has 0 aliphatic heterocycles. The highest BCUT2D eigenvalue weighted by atomic mass is 32.1. The molecule has 2 fully saturated rings. The van der Waals surface area contributed by atoms with Gasteiger partial charge in [0.05, 0.1) is 19.3 Å². The highest BCUT2D eigenvalue weighted by molar-refractivity contribution is 7.19. The van der Waals surface area contributed by atoms with Gasteiger partial charge >= 0.3 is 0 Å². The standard InChI is InChI=1S/C20H27N3O4S/c1-12(21-13(2)24)10-25-15-8-20(3,9-15)11-26-17-7-6-16-18(23-17)28-19(22-16)27-14-4-5-14/h6-7,12,14-15H,4-5,8-11H2,1-3H3,(H,21,24)/t12-,15?,20?/m0/s1. The molecule has 2 aliphatic rings. The summed E-state index contributed by atoms with van der Waals surface area (Å²) in [4.78, 5) is 20.9. The molecule has 0 unspecified atom stereocenters. The summed E-state index contributed by atoms with van der Waals surface area (Å²) >= 11 is 1.47. The average molecular weight is 406 g/mol. The number of ether oxygens (including phenoxy) is 3. The van der Waals surface area contributed by atoms with Gasteiger partial charge < -0.3 is 19.5 Å². The Balaban J connectivity index is 1.23. The molecule has 28 heavy (non-hydrogen) atoms. The number of fused-ring (bicyclic) bond motifs is 1. The molecule has 2 aromatic heterocycles. The number of pyridine rings is 1. The molecule has 0 bridgehead atoms. The van der Waals surface area contributed by atoms with Crippen LogP contribution >= 0.6 is 11.3 Å². The van der Waals surface area contributed by atoms with Crippen LogP contribution in [0, 0.1) is 5.41 Å². The number of aromatic nitrogens is 2. The van der Waals surface area contributed by atoms with Gasteiger partial charge in [0, 0.05) is 24.4 Å². The second-order valence-corrected chi connectivity index (χ2v) is 9.28. The van der Waals surface area contributed by atoms with Crippen molar-refractivity contribution in [1.29, 1.82) is 0 Å². The predicted molar refractivity (Wildman–Crippen MR) is 107 cm³/mol. The molecule has 4 rings (SSSR count). The van der Waals surface area contributed by atoms with E-state index in [0.717, 1.165) is 36.0 Å². The molecule has 7 nitrogen and oxygen atoms in total. The van der Waals surface area contributed by atoms with Gasteiger partial charge in [0.25, 0.3) is 5.19 Å². The molecule has 2 saturated carbocycles. The van der Waals surface area contributed by atoms with Crippen LogP contribution in [0.15, 0.2) is 12.1 Å². The quantitative estimate of drug-likeness (QED) is 0.689. The zero-order valence-corrected chi connectivity index (χ0v) is 17.4. The Morgan fingerprint density at radius 2 is 2.11 bits per heavy atom. The predicted octanol–water partition coefficient (Wildman–Crippen LogP) is 3.32. The van der Waals surface area contributed by atoms with Gasteiger partial charge in [-0.05, 0) is 38.7 Å². The third-order valence-corrected chi connectivity index (χ3v) is 5.90.